The molecule has 10 heteroatoms. The Morgan fingerprint density at radius 3 is 2.57 bits per heavy atom. The molecule has 1 fully saturated rings. The van der Waals surface area contributed by atoms with Gasteiger partial charge < -0.3 is 29.9 Å². The summed E-state index contributed by atoms with van der Waals surface area (Å²) in [5, 5.41) is 22.6. The van der Waals surface area contributed by atoms with E-state index < -0.39 is 35.7 Å². The zero-order valence-electron chi connectivity index (χ0n) is 17.0. The Balaban J connectivity index is 1.95. The van der Waals surface area contributed by atoms with E-state index in [-0.39, 0.29) is 30.4 Å². The number of fused-ring (bicyclic) bond motifs is 1. The molecule has 30 heavy (non-hydrogen) atoms. The molecule has 2 aliphatic rings. The van der Waals surface area contributed by atoms with Crippen molar-refractivity contribution in [1.82, 2.24) is 10.2 Å². The Hall–Kier alpha value is -2.46. The number of halogens is 2. The van der Waals surface area contributed by atoms with Crippen LogP contribution in [0.5, 0.6) is 11.5 Å². The molecule has 0 spiro atoms. The molecule has 1 aromatic carbocycles. The lowest BCUT2D eigenvalue weighted by Crippen LogP contribution is -2.61. The summed E-state index contributed by atoms with van der Waals surface area (Å²) in [7, 11) is 0. The molecular weight excluding hydrogens is 402 g/mol. The molecule has 0 saturated carbocycles. The van der Waals surface area contributed by atoms with Gasteiger partial charge in [0, 0.05) is 19.6 Å². The van der Waals surface area contributed by atoms with Crippen LogP contribution in [-0.4, -0.2) is 59.0 Å². The average Bonchev–Trinajstić information content (AvgIpc) is 2.98. The van der Waals surface area contributed by atoms with Gasteiger partial charge in [-0.3, -0.25) is 4.79 Å². The topological polar surface area (TPSA) is 108 Å². The molecule has 0 radical (unpaired) electrons. The number of aliphatic hydroxyl groups is 1. The summed E-state index contributed by atoms with van der Waals surface area (Å²) in [6, 6.07) is 4.32. The zero-order chi connectivity index (χ0) is 22.3. The first kappa shape index (κ1) is 22.2. The molecule has 2 aliphatic heterocycles. The minimum atomic E-state index is -3.75. The maximum absolute atomic E-state index is 13.4. The third-order valence-electron chi connectivity index (χ3n) is 5.54. The van der Waals surface area contributed by atoms with E-state index in [1.807, 2.05) is 13.8 Å². The van der Waals surface area contributed by atoms with E-state index in [0.717, 1.165) is 0 Å². The molecule has 3 N–H and O–H groups in total. The van der Waals surface area contributed by atoms with Crippen LogP contribution in [-0.2, 0) is 15.1 Å². The Labute approximate surface area is 172 Å². The summed E-state index contributed by atoms with van der Waals surface area (Å²) >= 11 is 0. The number of hydrogen-bond acceptors (Lipinski definition) is 6. The van der Waals surface area contributed by atoms with Crippen LogP contribution >= 0.6 is 0 Å². The van der Waals surface area contributed by atoms with Crippen LogP contribution in [0.1, 0.15) is 32.8 Å². The molecule has 166 valence electrons. The van der Waals surface area contributed by atoms with E-state index in [0.29, 0.717) is 18.7 Å². The number of nitrogens with zero attached hydrogens (tertiary/aromatic N) is 1. The van der Waals surface area contributed by atoms with E-state index in [1.165, 1.54) is 17.0 Å². The lowest BCUT2D eigenvalue weighted by atomic mass is 9.84. The highest BCUT2D eigenvalue weighted by atomic mass is 19.3. The molecule has 3 atom stereocenters. The number of alkyl halides is 2. The number of benzene rings is 1. The first-order chi connectivity index (χ1) is 13.9. The molecule has 2 heterocycles. The van der Waals surface area contributed by atoms with Gasteiger partial charge in [0.1, 0.15) is 0 Å². The Morgan fingerprint density at radius 2 is 1.93 bits per heavy atom. The Morgan fingerprint density at radius 1 is 1.27 bits per heavy atom. The second-order valence-electron chi connectivity index (χ2n) is 8.29. The van der Waals surface area contributed by atoms with Crippen molar-refractivity contribution in [2.75, 3.05) is 19.6 Å². The normalized spacial score (nSPS) is 24.6. The molecule has 0 bridgehead atoms. The van der Waals surface area contributed by atoms with Gasteiger partial charge in [-0.05, 0) is 37.0 Å². The van der Waals surface area contributed by atoms with Crippen molar-refractivity contribution in [2.45, 2.75) is 45.1 Å². The summed E-state index contributed by atoms with van der Waals surface area (Å²) < 4.78 is 35.8. The lowest BCUT2D eigenvalue weighted by Gasteiger charge is -2.47. The molecular formula is C20H26F2N2O6. The minimum Gasteiger partial charge on any atom is -0.479 e. The first-order valence-corrected chi connectivity index (χ1v) is 9.78. The van der Waals surface area contributed by atoms with Crippen LogP contribution in [0.2, 0.25) is 0 Å². The molecule has 1 amide bonds. The van der Waals surface area contributed by atoms with Gasteiger partial charge in [0.05, 0.1) is 11.5 Å². The third-order valence-corrected chi connectivity index (χ3v) is 5.54. The third kappa shape index (κ3) is 4.20. The number of amides is 1. The molecule has 0 aliphatic carbocycles. The molecule has 1 aromatic rings. The van der Waals surface area contributed by atoms with E-state index in [2.05, 4.69) is 14.8 Å². The molecule has 0 unspecified atom stereocenters. The van der Waals surface area contributed by atoms with Crippen LogP contribution in [0.25, 0.3) is 0 Å². The van der Waals surface area contributed by atoms with Crippen molar-refractivity contribution < 1.29 is 38.1 Å². The molecule has 8 nitrogen and oxygen atoms in total. The summed E-state index contributed by atoms with van der Waals surface area (Å²) in [5.41, 5.74) is -0.449. The fraction of sp³-hybridized carbons (Fsp3) is 0.600. The SMILES string of the molecule is CC(C)C[C@H](C(=O)N1CCNC[C@@]1(C)c1ccc2c(c1)OC(F)(F)O2)[C@H](O)C(=O)O. The number of aliphatic hydroxyl groups excluding tert-OH is 1. The van der Waals surface area contributed by atoms with E-state index in [1.54, 1.807) is 13.0 Å². The van der Waals surface area contributed by atoms with Gasteiger partial charge in [-0.2, -0.15) is 0 Å². The summed E-state index contributed by atoms with van der Waals surface area (Å²) in [6.07, 6.45) is -5.40. The predicted molar refractivity (Wildman–Crippen MR) is 101 cm³/mol. The highest BCUT2D eigenvalue weighted by Gasteiger charge is 2.47. The van der Waals surface area contributed by atoms with Gasteiger partial charge in [0.2, 0.25) is 5.91 Å². The number of nitrogens with one attached hydrogen (secondary N) is 1. The number of carboxylic acid groups (broad SMARTS) is 1. The van der Waals surface area contributed by atoms with Gasteiger partial charge >= 0.3 is 12.3 Å². The second-order valence-corrected chi connectivity index (χ2v) is 8.29. The maximum Gasteiger partial charge on any atom is 0.586 e. The van der Waals surface area contributed by atoms with Crippen molar-refractivity contribution >= 4 is 11.9 Å². The van der Waals surface area contributed by atoms with E-state index in [4.69, 9.17) is 0 Å². The highest BCUT2D eigenvalue weighted by Crippen LogP contribution is 2.44. The minimum absolute atomic E-state index is 0.0186. The summed E-state index contributed by atoms with van der Waals surface area (Å²) in [5.74, 6) is -3.34. The number of rotatable bonds is 6. The summed E-state index contributed by atoms with van der Waals surface area (Å²) in [4.78, 5) is 26.3. The monoisotopic (exact) mass is 428 g/mol. The standard InChI is InChI=1S/C20H26F2N2O6/c1-11(2)8-13(16(25)18(27)28)17(26)24-7-6-23-10-19(24,3)12-4-5-14-15(9-12)30-20(21,22)29-14/h4-5,9,11,13,16,23,25H,6-8,10H2,1-3H3,(H,27,28)/t13-,16-,19-/m0/s1. The number of carbonyl (C=O) groups is 2. The number of hydrogen-bond donors (Lipinski definition) is 3. The van der Waals surface area contributed by atoms with Crippen molar-refractivity contribution in [3.05, 3.63) is 23.8 Å². The van der Waals surface area contributed by atoms with Crippen LogP contribution < -0.4 is 14.8 Å². The van der Waals surface area contributed by atoms with Gasteiger partial charge in [-0.15, -0.1) is 8.78 Å². The maximum atomic E-state index is 13.4. The van der Waals surface area contributed by atoms with Crippen molar-refractivity contribution in [2.24, 2.45) is 11.8 Å². The number of piperazine rings is 1. The van der Waals surface area contributed by atoms with Crippen LogP contribution in [0.15, 0.2) is 18.2 Å². The smallest absolute Gasteiger partial charge is 0.479 e. The van der Waals surface area contributed by atoms with Crippen LogP contribution in [0, 0.1) is 11.8 Å². The average molecular weight is 428 g/mol. The Bertz CT molecular complexity index is 834. The first-order valence-electron chi connectivity index (χ1n) is 9.78. The van der Waals surface area contributed by atoms with Crippen LogP contribution in [0.3, 0.4) is 0 Å². The molecule has 3 rings (SSSR count). The highest BCUT2D eigenvalue weighted by molar-refractivity contribution is 5.86. The van der Waals surface area contributed by atoms with E-state index >= 15 is 0 Å². The van der Waals surface area contributed by atoms with Crippen LogP contribution in [0.4, 0.5) is 8.78 Å². The zero-order valence-corrected chi connectivity index (χ0v) is 17.0. The Kier molecular flexibility index (Phi) is 5.92. The molecule has 1 saturated heterocycles. The molecule has 0 aromatic heterocycles. The quantitative estimate of drug-likeness (QED) is 0.634. The van der Waals surface area contributed by atoms with Crippen molar-refractivity contribution in [1.29, 1.82) is 0 Å². The fourth-order valence-electron chi connectivity index (χ4n) is 4.01. The number of aliphatic carboxylic acids is 1. The van der Waals surface area contributed by atoms with Gasteiger partial charge in [0.15, 0.2) is 17.6 Å². The van der Waals surface area contributed by atoms with E-state index in [9.17, 15) is 28.6 Å². The van der Waals surface area contributed by atoms with Gasteiger partial charge in [0.25, 0.3) is 0 Å². The number of ether oxygens (including phenoxy) is 2. The fourth-order valence-corrected chi connectivity index (χ4v) is 4.01. The lowest BCUT2D eigenvalue weighted by molar-refractivity contribution is -0.286. The van der Waals surface area contributed by atoms with Gasteiger partial charge in [-0.25, -0.2) is 4.79 Å². The van der Waals surface area contributed by atoms with Crippen molar-refractivity contribution in [3.63, 3.8) is 0 Å². The largest absolute Gasteiger partial charge is 0.586 e. The number of carboxylic acids is 1. The van der Waals surface area contributed by atoms with Crippen molar-refractivity contribution in [3.8, 4) is 11.5 Å². The summed E-state index contributed by atoms with van der Waals surface area (Å²) in [6.45, 7) is 6.48. The predicted octanol–water partition coefficient (Wildman–Crippen LogP) is 1.76. The van der Waals surface area contributed by atoms with Gasteiger partial charge in [-0.1, -0.05) is 19.9 Å². The number of carbonyl (C=O) groups excluding carboxylic acids is 1. The second kappa shape index (κ2) is 7.99.